The summed E-state index contributed by atoms with van der Waals surface area (Å²) in [5.41, 5.74) is -2.85. The van der Waals surface area contributed by atoms with Crippen LogP contribution in [0.2, 0.25) is 0 Å². The molecule has 2 fully saturated rings. The average molecular weight is 654 g/mol. The van der Waals surface area contributed by atoms with Crippen molar-refractivity contribution in [3.8, 4) is 17.1 Å². The van der Waals surface area contributed by atoms with Crippen LogP contribution in [0.25, 0.3) is 22.1 Å². The summed E-state index contributed by atoms with van der Waals surface area (Å²) in [6, 6.07) is 18.0. The van der Waals surface area contributed by atoms with Crippen LogP contribution in [0.15, 0.2) is 82.3 Å². The van der Waals surface area contributed by atoms with E-state index in [0.717, 1.165) is 10.8 Å². The topological polar surface area (TPSA) is 145 Å². The lowest BCUT2D eigenvalue weighted by atomic mass is 9.42. The van der Waals surface area contributed by atoms with E-state index in [4.69, 9.17) is 18.6 Å². The van der Waals surface area contributed by atoms with E-state index < -0.39 is 64.1 Å². The van der Waals surface area contributed by atoms with Gasteiger partial charge in [-0.2, -0.15) is 0 Å². The number of hydrogen-bond donors (Lipinski definition) is 2. The van der Waals surface area contributed by atoms with E-state index in [9.17, 15) is 24.6 Å². The number of esters is 2. The minimum atomic E-state index is -1.36. The number of hydrogen-bond acceptors (Lipinski definition) is 10. The third kappa shape index (κ3) is 4.92. The molecule has 1 aliphatic heterocycles. The van der Waals surface area contributed by atoms with Crippen molar-refractivity contribution in [2.75, 3.05) is 6.61 Å². The van der Waals surface area contributed by atoms with Crippen molar-refractivity contribution >= 4 is 22.7 Å². The van der Waals surface area contributed by atoms with Gasteiger partial charge in [0.05, 0.1) is 24.4 Å². The van der Waals surface area contributed by atoms with Gasteiger partial charge in [-0.1, -0.05) is 50.2 Å². The number of aromatic nitrogens is 1. The van der Waals surface area contributed by atoms with Gasteiger partial charge < -0.3 is 28.8 Å². The number of benzene rings is 2. The summed E-state index contributed by atoms with van der Waals surface area (Å²) in [6.45, 7) is 6.96. The Balaban J connectivity index is 1.37. The minimum Gasteiger partial charge on any atom is -0.482 e. The zero-order valence-electron chi connectivity index (χ0n) is 27.3. The Kier molecular flexibility index (Phi) is 7.71. The average Bonchev–Trinajstić information content (AvgIpc) is 3.06. The minimum absolute atomic E-state index is 0.0149. The summed E-state index contributed by atoms with van der Waals surface area (Å²) in [4.78, 5) is 43.9. The molecule has 48 heavy (non-hydrogen) atoms. The third-order valence-electron chi connectivity index (χ3n) is 11.4. The number of pyridine rings is 1. The first-order chi connectivity index (χ1) is 22.9. The highest BCUT2D eigenvalue weighted by Crippen LogP contribution is 2.67. The molecule has 0 saturated heterocycles. The third-order valence-corrected chi connectivity index (χ3v) is 11.4. The molecule has 3 unspecified atom stereocenters. The quantitative estimate of drug-likeness (QED) is 0.260. The number of fused-ring (bicyclic) bond motifs is 5. The molecule has 0 bridgehead atoms. The second kappa shape index (κ2) is 11.6. The van der Waals surface area contributed by atoms with Gasteiger partial charge in [-0.15, -0.1) is 0 Å². The smallest absolute Gasteiger partial charge is 0.345 e. The first-order valence-electron chi connectivity index (χ1n) is 16.3. The number of aliphatic hydroxyl groups excluding tert-OH is 2. The van der Waals surface area contributed by atoms with E-state index in [1.807, 2.05) is 51.1 Å². The van der Waals surface area contributed by atoms with E-state index in [1.54, 1.807) is 42.7 Å². The maximum atomic E-state index is 14.1. The lowest BCUT2D eigenvalue weighted by Gasteiger charge is -2.66. The number of ether oxygens (including phenoxy) is 3. The van der Waals surface area contributed by atoms with Gasteiger partial charge in [0.15, 0.2) is 0 Å². The predicted molar refractivity (Wildman–Crippen MR) is 175 cm³/mol. The molecule has 0 amide bonds. The molecule has 2 aromatic carbocycles. The van der Waals surface area contributed by atoms with Crippen molar-refractivity contribution < 1.29 is 38.4 Å². The van der Waals surface area contributed by atoms with Crippen molar-refractivity contribution in [1.82, 2.24) is 4.98 Å². The van der Waals surface area contributed by atoms with Gasteiger partial charge >= 0.3 is 17.6 Å². The van der Waals surface area contributed by atoms with Crippen LogP contribution < -0.4 is 10.4 Å². The second-order valence-electron chi connectivity index (χ2n) is 14.2. The number of carbonyl (C=O) groups excluding carboxylic acids is 2. The fourth-order valence-electron chi connectivity index (χ4n) is 9.06. The molecule has 4 aromatic rings. The molecule has 3 heterocycles. The Morgan fingerprint density at radius 3 is 2.56 bits per heavy atom. The fourth-order valence-corrected chi connectivity index (χ4v) is 9.06. The number of nitrogens with zero attached hydrogens (tertiary/aromatic N) is 1. The van der Waals surface area contributed by atoms with Gasteiger partial charge in [0.25, 0.3) is 0 Å². The molecule has 0 spiro atoms. The Morgan fingerprint density at radius 1 is 1.04 bits per heavy atom. The first-order valence-corrected chi connectivity index (χ1v) is 16.3. The lowest BCUT2D eigenvalue weighted by Crippen LogP contribution is -2.71. The van der Waals surface area contributed by atoms with Crippen molar-refractivity contribution in [2.24, 2.45) is 22.7 Å². The molecule has 8 atom stereocenters. The number of aliphatic hydroxyl groups is 2. The van der Waals surface area contributed by atoms with E-state index in [0.29, 0.717) is 24.0 Å². The van der Waals surface area contributed by atoms with Crippen molar-refractivity contribution in [3.05, 3.63) is 94.6 Å². The molecule has 2 aliphatic carbocycles. The van der Waals surface area contributed by atoms with Crippen LogP contribution in [0.1, 0.15) is 69.0 Å². The van der Waals surface area contributed by atoms with E-state index in [1.165, 1.54) is 6.92 Å². The molecular weight excluding hydrogens is 614 g/mol. The largest absolute Gasteiger partial charge is 0.482 e. The zero-order chi connectivity index (χ0) is 34.0. The van der Waals surface area contributed by atoms with Gasteiger partial charge in [-0.05, 0) is 66.5 Å². The highest BCUT2D eigenvalue weighted by Gasteiger charge is 2.70. The maximum absolute atomic E-state index is 14.1. The van der Waals surface area contributed by atoms with Crippen LogP contribution in [-0.4, -0.2) is 51.6 Å². The summed E-state index contributed by atoms with van der Waals surface area (Å²) >= 11 is 0. The highest BCUT2D eigenvalue weighted by molar-refractivity contribution is 6.04. The van der Waals surface area contributed by atoms with Crippen molar-refractivity contribution in [1.29, 1.82) is 0 Å². The van der Waals surface area contributed by atoms with E-state index in [2.05, 4.69) is 4.98 Å². The zero-order valence-corrected chi connectivity index (χ0v) is 27.3. The maximum Gasteiger partial charge on any atom is 0.345 e. The lowest BCUT2D eigenvalue weighted by molar-refractivity contribution is -0.264. The molecule has 2 aromatic heterocycles. The molecule has 2 saturated carbocycles. The van der Waals surface area contributed by atoms with Crippen molar-refractivity contribution in [2.45, 2.75) is 70.9 Å². The fraction of sp³-hybridized carbons (Fsp3) is 0.421. The summed E-state index contributed by atoms with van der Waals surface area (Å²) in [7, 11) is 0. The molecule has 0 radical (unpaired) electrons. The Labute approximate surface area is 277 Å². The van der Waals surface area contributed by atoms with Gasteiger partial charge in [-0.3, -0.25) is 9.78 Å². The summed E-state index contributed by atoms with van der Waals surface area (Å²) in [5, 5.41) is 25.4. The highest BCUT2D eigenvalue weighted by atomic mass is 16.6. The molecule has 10 nitrogen and oxygen atoms in total. The number of carbonyl (C=O) groups is 2. The Morgan fingerprint density at radius 2 is 1.81 bits per heavy atom. The predicted octanol–water partition coefficient (Wildman–Crippen LogP) is 5.63. The molecule has 3 aliphatic rings. The molecule has 7 rings (SSSR count). The van der Waals surface area contributed by atoms with E-state index >= 15 is 0 Å². The normalized spacial score (nSPS) is 32.2. The van der Waals surface area contributed by atoms with Crippen LogP contribution in [0, 0.1) is 22.7 Å². The summed E-state index contributed by atoms with van der Waals surface area (Å²) in [5.74, 6) is -1.88. The summed E-state index contributed by atoms with van der Waals surface area (Å²) < 4.78 is 24.5. The van der Waals surface area contributed by atoms with Crippen LogP contribution in [0.4, 0.5) is 0 Å². The second-order valence-corrected chi connectivity index (χ2v) is 14.2. The van der Waals surface area contributed by atoms with Crippen LogP contribution >= 0.6 is 0 Å². The van der Waals surface area contributed by atoms with Gasteiger partial charge in [0.2, 0.25) is 0 Å². The van der Waals surface area contributed by atoms with Crippen LogP contribution in [0.3, 0.4) is 0 Å². The van der Waals surface area contributed by atoms with Gasteiger partial charge in [0.1, 0.15) is 28.8 Å². The number of rotatable bonds is 5. The Hall–Kier alpha value is -4.54. The van der Waals surface area contributed by atoms with Crippen LogP contribution in [-0.2, 0) is 14.3 Å². The molecular formula is C38H39NO9. The molecule has 2 N–H and O–H groups in total. The van der Waals surface area contributed by atoms with Gasteiger partial charge in [-0.25, -0.2) is 9.59 Å². The molecule has 250 valence electrons. The first kappa shape index (κ1) is 32.0. The van der Waals surface area contributed by atoms with E-state index in [-0.39, 0.29) is 30.1 Å². The van der Waals surface area contributed by atoms with Gasteiger partial charge in [0, 0.05) is 42.3 Å². The molecule has 10 heteroatoms. The Bertz CT molecular complexity index is 1950. The van der Waals surface area contributed by atoms with Crippen LogP contribution in [0.5, 0.6) is 5.75 Å². The van der Waals surface area contributed by atoms with Crippen molar-refractivity contribution in [3.63, 3.8) is 0 Å². The summed E-state index contributed by atoms with van der Waals surface area (Å²) in [6.07, 6.45) is 1.12. The SMILES string of the molecule is CC(=O)OCC1(C)C2C[C@H](OC(=O)c3cccc4ccccc34)[C@@]3(C)Oc4cc(-c5cccnc5)oc(=O)c4[C@H](O)C3[C@@]2(C)CC[C@@H]1O. The monoisotopic (exact) mass is 653 g/mol. The standard InChI is InChI=1S/C38H39NO9/c1-21(40)45-20-37(3)28-18-30(47-34(43)25-13-7-10-22-9-5-6-12-24(22)25)38(4)33(36(28,2)15-14-29(37)41)32(42)31-27(48-38)17-26(46-35(31)44)23-11-8-16-39-19-23/h5-13,16-17,19,28-30,32-33,41-42H,14-15,18,20H2,1-4H3/t28?,29-,30-,32-,33?,36-,37?,38+/m0/s1.